The van der Waals surface area contributed by atoms with E-state index in [2.05, 4.69) is 34.5 Å². The Kier molecular flexibility index (Phi) is 3.79. The summed E-state index contributed by atoms with van der Waals surface area (Å²) in [4.78, 5) is 2.53. The third-order valence-corrected chi connectivity index (χ3v) is 6.04. The summed E-state index contributed by atoms with van der Waals surface area (Å²) in [6, 6.07) is 9.15. The lowest BCUT2D eigenvalue weighted by molar-refractivity contribution is 0.348. The molecule has 0 amide bonds. The van der Waals surface area contributed by atoms with Crippen molar-refractivity contribution >= 4 is 11.4 Å². The fourth-order valence-corrected chi connectivity index (χ4v) is 4.82. The van der Waals surface area contributed by atoms with Crippen molar-refractivity contribution < 1.29 is 0 Å². The zero-order valence-electron chi connectivity index (χ0n) is 13.1. The molecule has 1 aromatic rings. The van der Waals surface area contributed by atoms with E-state index in [1.807, 2.05) is 0 Å². The van der Waals surface area contributed by atoms with Gasteiger partial charge in [0.25, 0.3) is 0 Å². The molecule has 21 heavy (non-hydrogen) atoms. The van der Waals surface area contributed by atoms with Crippen LogP contribution in [0.5, 0.6) is 0 Å². The minimum atomic E-state index is 0.936. The molecule has 0 aromatic heterocycles. The predicted molar refractivity (Wildman–Crippen MR) is 89.9 cm³/mol. The van der Waals surface area contributed by atoms with Crippen molar-refractivity contribution in [2.45, 2.75) is 44.9 Å². The van der Waals surface area contributed by atoms with E-state index in [0.717, 1.165) is 17.8 Å². The highest BCUT2D eigenvalue weighted by Gasteiger charge is 2.38. The van der Waals surface area contributed by atoms with Crippen LogP contribution >= 0.6 is 0 Å². The van der Waals surface area contributed by atoms with E-state index in [1.54, 1.807) is 0 Å². The molecule has 1 saturated heterocycles. The number of nitrogens with one attached hydrogen (secondary N) is 1. The van der Waals surface area contributed by atoms with Gasteiger partial charge >= 0.3 is 0 Å². The highest BCUT2D eigenvalue weighted by molar-refractivity contribution is 5.55. The number of hydrogen-bond acceptors (Lipinski definition) is 2. The van der Waals surface area contributed by atoms with Crippen LogP contribution in [0, 0.1) is 17.8 Å². The van der Waals surface area contributed by atoms with Gasteiger partial charge in [-0.05, 0) is 80.5 Å². The summed E-state index contributed by atoms with van der Waals surface area (Å²) in [5.41, 5.74) is 2.71. The lowest BCUT2D eigenvalue weighted by Crippen LogP contribution is -2.29. The van der Waals surface area contributed by atoms with E-state index < -0.39 is 0 Å². The fourth-order valence-electron chi connectivity index (χ4n) is 4.82. The van der Waals surface area contributed by atoms with Crippen LogP contribution in [-0.2, 0) is 0 Å². The largest absolute Gasteiger partial charge is 0.385 e. The number of piperidine rings is 1. The first kappa shape index (κ1) is 13.5. The van der Waals surface area contributed by atoms with Gasteiger partial charge in [0.2, 0.25) is 0 Å². The summed E-state index contributed by atoms with van der Waals surface area (Å²) in [6.45, 7) is 3.65. The third kappa shape index (κ3) is 2.90. The number of fused-ring (bicyclic) bond motifs is 2. The highest BCUT2D eigenvalue weighted by Crippen LogP contribution is 2.48. The molecule has 3 fully saturated rings. The van der Waals surface area contributed by atoms with Gasteiger partial charge in [0.1, 0.15) is 0 Å². The molecule has 3 unspecified atom stereocenters. The Balaban J connectivity index is 1.31. The van der Waals surface area contributed by atoms with E-state index in [4.69, 9.17) is 0 Å². The molecule has 2 saturated carbocycles. The summed E-state index contributed by atoms with van der Waals surface area (Å²) in [7, 11) is 0. The van der Waals surface area contributed by atoms with E-state index in [-0.39, 0.29) is 0 Å². The van der Waals surface area contributed by atoms with Gasteiger partial charge in [0, 0.05) is 31.0 Å². The summed E-state index contributed by atoms with van der Waals surface area (Å²) in [5, 5.41) is 3.68. The molecule has 2 aliphatic carbocycles. The van der Waals surface area contributed by atoms with Crippen LogP contribution in [0.25, 0.3) is 0 Å². The Morgan fingerprint density at radius 3 is 2.43 bits per heavy atom. The zero-order chi connectivity index (χ0) is 14.1. The quantitative estimate of drug-likeness (QED) is 0.874. The summed E-state index contributed by atoms with van der Waals surface area (Å²) in [5.74, 6) is 3.02. The zero-order valence-corrected chi connectivity index (χ0v) is 13.1. The van der Waals surface area contributed by atoms with Crippen molar-refractivity contribution in [2.24, 2.45) is 17.8 Å². The second-order valence-electron chi connectivity index (χ2n) is 7.41. The van der Waals surface area contributed by atoms with Gasteiger partial charge in [-0.1, -0.05) is 6.42 Å². The summed E-state index contributed by atoms with van der Waals surface area (Å²) in [6.07, 6.45) is 10.1. The molecule has 3 aliphatic rings. The van der Waals surface area contributed by atoms with Gasteiger partial charge in [0.05, 0.1) is 0 Å². The normalized spacial score (nSPS) is 31.6. The van der Waals surface area contributed by atoms with Crippen LogP contribution in [0.1, 0.15) is 44.9 Å². The van der Waals surface area contributed by atoms with Crippen molar-refractivity contribution in [2.75, 3.05) is 29.9 Å². The average Bonchev–Trinajstić information content (AvgIpc) is 3.17. The first-order valence-electron chi connectivity index (χ1n) is 8.97. The maximum Gasteiger partial charge on any atom is 0.0367 e. The van der Waals surface area contributed by atoms with Crippen LogP contribution < -0.4 is 10.2 Å². The minimum Gasteiger partial charge on any atom is -0.385 e. The molecule has 0 spiro atoms. The smallest absolute Gasteiger partial charge is 0.0367 e. The van der Waals surface area contributed by atoms with E-state index in [9.17, 15) is 0 Å². The van der Waals surface area contributed by atoms with Crippen molar-refractivity contribution in [1.82, 2.24) is 0 Å². The molecule has 1 aliphatic heterocycles. The Bertz CT molecular complexity index is 461. The Morgan fingerprint density at radius 2 is 1.76 bits per heavy atom. The fraction of sp³-hybridized carbons (Fsp3) is 0.684. The Hall–Kier alpha value is -1.18. The molecule has 1 N–H and O–H groups in total. The number of anilines is 2. The number of hydrogen-bond donors (Lipinski definition) is 1. The van der Waals surface area contributed by atoms with E-state index >= 15 is 0 Å². The first-order valence-corrected chi connectivity index (χ1v) is 8.97. The molecule has 2 heteroatoms. The average molecular weight is 284 g/mol. The van der Waals surface area contributed by atoms with Gasteiger partial charge in [0.15, 0.2) is 0 Å². The Morgan fingerprint density at radius 1 is 0.952 bits per heavy atom. The van der Waals surface area contributed by atoms with Crippen molar-refractivity contribution in [3.05, 3.63) is 24.3 Å². The van der Waals surface area contributed by atoms with Crippen LogP contribution in [0.2, 0.25) is 0 Å². The third-order valence-electron chi connectivity index (χ3n) is 6.04. The van der Waals surface area contributed by atoms with Crippen molar-refractivity contribution in [1.29, 1.82) is 0 Å². The first-order chi connectivity index (χ1) is 10.4. The number of benzene rings is 1. The Labute approximate surface area is 128 Å². The topological polar surface area (TPSA) is 15.3 Å². The molecule has 0 radical (unpaired) electrons. The molecule has 114 valence electrons. The second kappa shape index (κ2) is 5.90. The van der Waals surface area contributed by atoms with Crippen molar-refractivity contribution in [3.63, 3.8) is 0 Å². The molecular formula is C19H28N2. The molecule has 1 aromatic carbocycles. The standard InChI is InChI=1S/C19H28N2/c1-2-10-21(11-3-1)19-8-6-18(7-9-19)20-14-17-13-15-4-5-16(17)12-15/h6-9,15-17,20H,1-5,10-14H2. The molecular weight excluding hydrogens is 256 g/mol. The van der Waals surface area contributed by atoms with Crippen molar-refractivity contribution in [3.8, 4) is 0 Å². The van der Waals surface area contributed by atoms with Crippen LogP contribution in [-0.4, -0.2) is 19.6 Å². The van der Waals surface area contributed by atoms with Gasteiger partial charge in [-0.2, -0.15) is 0 Å². The van der Waals surface area contributed by atoms with E-state index in [1.165, 1.54) is 76.0 Å². The van der Waals surface area contributed by atoms with Gasteiger partial charge < -0.3 is 10.2 Å². The maximum absolute atomic E-state index is 3.68. The predicted octanol–water partition coefficient (Wildman–Crippen LogP) is 4.53. The molecule has 3 atom stereocenters. The summed E-state index contributed by atoms with van der Waals surface area (Å²) < 4.78 is 0. The molecule has 2 bridgehead atoms. The maximum atomic E-state index is 3.68. The highest BCUT2D eigenvalue weighted by atomic mass is 15.1. The monoisotopic (exact) mass is 284 g/mol. The lowest BCUT2D eigenvalue weighted by Gasteiger charge is -2.29. The van der Waals surface area contributed by atoms with Crippen LogP contribution in [0.4, 0.5) is 11.4 Å². The second-order valence-corrected chi connectivity index (χ2v) is 7.41. The molecule has 2 nitrogen and oxygen atoms in total. The van der Waals surface area contributed by atoms with Gasteiger partial charge in [-0.25, -0.2) is 0 Å². The van der Waals surface area contributed by atoms with E-state index in [0.29, 0.717) is 0 Å². The summed E-state index contributed by atoms with van der Waals surface area (Å²) >= 11 is 0. The number of nitrogens with zero attached hydrogens (tertiary/aromatic N) is 1. The molecule has 4 rings (SSSR count). The van der Waals surface area contributed by atoms with Crippen LogP contribution in [0.15, 0.2) is 24.3 Å². The van der Waals surface area contributed by atoms with Crippen LogP contribution in [0.3, 0.4) is 0 Å². The lowest BCUT2D eigenvalue weighted by atomic mass is 9.89. The SMILES string of the molecule is c1cc(N2CCCCC2)ccc1NCC1CC2CCC1C2. The van der Waals surface area contributed by atoms with Gasteiger partial charge in [-0.3, -0.25) is 0 Å². The van der Waals surface area contributed by atoms with Gasteiger partial charge in [-0.15, -0.1) is 0 Å². The minimum absolute atomic E-state index is 0.936. The molecule has 1 heterocycles. The number of rotatable bonds is 4.